The van der Waals surface area contributed by atoms with Crippen molar-refractivity contribution in [1.82, 2.24) is 24.6 Å². The van der Waals surface area contributed by atoms with Crippen LogP contribution in [0.1, 0.15) is 29.2 Å². The zero-order chi connectivity index (χ0) is 24.3. The minimum absolute atomic E-state index is 0.184. The highest BCUT2D eigenvalue weighted by Crippen LogP contribution is 2.40. The fourth-order valence-electron chi connectivity index (χ4n) is 5.12. The van der Waals surface area contributed by atoms with Crippen LogP contribution in [-0.4, -0.2) is 64.4 Å². The number of likely N-dealkylation sites (tertiary alicyclic amines) is 1. The van der Waals surface area contributed by atoms with E-state index in [9.17, 15) is 4.79 Å². The number of nitrogens with zero attached hydrogens (tertiary/aromatic N) is 6. The lowest BCUT2D eigenvalue weighted by molar-refractivity contribution is 0.0982. The number of rotatable bonds is 3. The monoisotopic (exact) mass is 509 g/mol. The van der Waals surface area contributed by atoms with Crippen molar-refractivity contribution in [2.75, 3.05) is 43.7 Å². The van der Waals surface area contributed by atoms with Crippen LogP contribution in [-0.2, 0) is 0 Å². The molecule has 5 heterocycles. The molecule has 0 bridgehead atoms. The molecule has 1 aromatic carbocycles. The van der Waals surface area contributed by atoms with Crippen molar-refractivity contribution in [3.63, 3.8) is 0 Å². The first-order chi connectivity index (χ1) is 16.9. The van der Waals surface area contributed by atoms with E-state index in [4.69, 9.17) is 28.3 Å². The van der Waals surface area contributed by atoms with Gasteiger partial charge < -0.3 is 14.8 Å². The zero-order valence-electron chi connectivity index (χ0n) is 19.5. The number of para-hydroxylation sites is 1. The largest absolute Gasteiger partial charge is 0.355 e. The third kappa shape index (κ3) is 3.76. The van der Waals surface area contributed by atoms with Crippen molar-refractivity contribution >= 4 is 51.5 Å². The molecule has 2 aliphatic rings. The number of H-pyrrole nitrogens is 1. The summed E-state index contributed by atoms with van der Waals surface area (Å²) in [7, 11) is 4.11. The molecule has 8 nitrogen and oxygen atoms in total. The number of aromatic amines is 1. The summed E-state index contributed by atoms with van der Waals surface area (Å²) in [6, 6.07) is 9.71. The van der Waals surface area contributed by atoms with E-state index in [0.717, 1.165) is 54.0 Å². The average Bonchev–Trinajstić information content (AvgIpc) is 3.49. The van der Waals surface area contributed by atoms with Gasteiger partial charge in [0.05, 0.1) is 45.4 Å². The van der Waals surface area contributed by atoms with Crippen molar-refractivity contribution < 1.29 is 4.79 Å². The summed E-state index contributed by atoms with van der Waals surface area (Å²) in [5.41, 5.74) is 4.31. The molecule has 1 N–H and O–H groups in total. The van der Waals surface area contributed by atoms with Gasteiger partial charge in [-0.15, -0.1) is 0 Å². The summed E-state index contributed by atoms with van der Waals surface area (Å²) >= 11 is 12.8. The molecule has 0 aliphatic carbocycles. The fraction of sp³-hybridized carbons (Fsp3) is 0.320. The molecule has 3 aromatic heterocycles. The highest BCUT2D eigenvalue weighted by atomic mass is 35.5. The van der Waals surface area contributed by atoms with Crippen molar-refractivity contribution in [2.24, 2.45) is 0 Å². The second-order valence-electron chi connectivity index (χ2n) is 9.32. The van der Waals surface area contributed by atoms with E-state index in [1.54, 1.807) is 29.3 Å². The first kappa shape index (κ1) is 22.4. The summed E-state index contributed by atoms with van der Waals surface area (Å²) < 4.78 is 2.08. The van der Waals surface area contributed by atoms with E-state index < -0.39 is 0 Å². The number of aromatic nitrogens is 4. The summed E-state index contributed by atoms with van der Waals surface area (Å²) in [6.07, 6.45) is 5.86. The topological polar surface area (TPSA) is 73.3 Å². The lowest BCUT2D eigenvalue weighted by Gasteiger charge is -2.36. The van der Waals surface area contributed by atoms with E-state index in [1.807, 2.05) is 24.1 Å². The molecule has 0 radical (unpaired) electrons. The number of carbonyl (C=O) groups is 1. The lowest BCUT2D eigenvalue weighted by Crippen LogP contribution is -2.45. The van der Waals surface area contributed by atoms with Gasteiger partial charge in [0.2, 0.25) is 0 Å². The molecular weight excluding hydrogens is 485 g/mol. The fourth-order valence-corrected chi connectivity index (χ4v) is 5.72. The van der Waals surface area contributed by atoms with E-state index in [0.29, 0.717) is 34.0 Å². The SMILES string of the molecule is CN1CCC(n2ccc(-c3cc4c5c(cnc4[nH]3)C(=O)N(c3c(Cl)cccc3Cl)CN5C)n2)CC1. The number of hydrogen-bond acceptors (Lipinski definition) is 5. The van der Waals surface area contributed by atoms with Crippen molar-refractivity contribution in [3.8, 4) is 11.4 Å². The predicted molar refractivity (Wildman–Crippen MR) is 140 cm³/mol. The summed E-state index contributed by atoms with van der Waals surface area (Å²) in [6.45, 7) is 2.48. The van der Waals surface area contributed by atoms with Gasteiger partial charge in [0.15, 0.2) is 0 Å². The minimum atomic E-state index is -0.184. The zero-order valence-corrected chi connectivity index (χ0v) is 21.0. The normalized spacial score (nSPS) is 17.4. The first-order valence-corrected chi connectivity index (χ1v) is 12.4. The smallest absolute Gasteiger partial charge is 0.263 e. The van der Waals surface area contributed by atoms with Gasteiger partial charge in [0.25, 0.3) is 5.91 Å². The molecule has 0 unspecified atom stereocenters. The van der Waals surface area contributed by atoms with Gasteiger partial charge in [0, 0.05) is 24.8 Å². The van der Waals surface area contributed by atoms with Gasteiger partial charge in [-0.2, -0.15) is 5.10 Å². The van der Waals surface area contributed by atoms with Crippen LogP contribution in [0.5, 0.6) is 0 Å². The minimum Gasteiger partial charge on any atom is -0.355 e. The van der Waals surface area contributed by atoms with E-state index in [2.05, 4.69) is 32.8 Å². The number of pyridine rings is 1. The first-order valence-electron chi connectivity index (χ1n) is 11.6. The molecule has 2 aliphatic heterocycles. The maximum atomic E-state index is 13.5. The number of nitrogens with one attached hydrogen (secondary N) is 1. The molecule has 10 heteroatoms. The molecular formula is C25H25Cl2N7O. The van der Waals surface area contributed by atoms with Crippen LogP contribution in [0.4, 0.5) is 11.4 Å². The van der Waals surface area contributed by atoms with Crippen LogP contribution < -0.4 is 9.80 Å². The van der Waals surface area contributed by atoms with Crippen LogP contribution in [0.2, 0.25) is 10.0 Å². The quantitative estimate of drug-likeness (QED) is 0.418. The maximum absolute atomic E-state index is 13.5. The van der Waals surface area contributed by atoms with Gasteiger partial charge in [0.1, 0.15) is 11.3 Å². The van der Waals surface area contributed by atoms with E-state index in [-0.39, 0.29) is 5.91 Å². The molecule has 4 aromatic rings. The van der Waals surface area contributed by atoms with Gasteiger partial charge >= 0.3 is 0 Å². The standard InChI is InChI=1S/C25H25Cl2N7O/c1-31-9-6-15(7-10-31)34-11-8-20(30-34)21-12-16-22-17(13-28-24(16)29-21)25(35)33(14-32(22)2)23-18(26)4-3-5-19(23)27/h3-5,8,11-13,15H,6-7,9-10,14H2,1-2H3,(H,28,29). The van der Waals surface area contributed by atoms with Crippen LogP contribution in [0, 0.1) is 0 Å². The van der Waals surface area contributed by atoms with Gasteiger partial charge in [-0.05, 0) is 57.2 Å². The Morgan fingerprint density at radius 1 is 1.06 bits per heavy atom. The van der Waals surface area contributed by atoms with Crippen molar-refractivity contribution in [2.45, 2.75) is 18.9 Å². The second kappa shape index (κ2) is 8.55. The number of carbonyl (C=O) groups excluding carboxylic acids is 1. The van der Waals surface area contributed by atoms with Gasteiger partial charge in [-0.1, -0.05) is 29.3 Å². The summed E-state index contributed by atoms with van der Waals surface area (Å²) in [4.78, 5) is 27.4. The lowest BCUT2D eigenvalue weighted by atomic mass is 10.1. The molecule has 0 saturated carbocycles. The number of benzene rings is 1. The average molecular weight is 510 g/mol. The van der Waals surface area contributed by atoms with Crippen molar-refractivity contribution in [3.05, 3.63) is 58.3 Å². The Balaban J connectivity index is 1.36. The summed E-state index contributed by atoms with van der Waals surface area (Å²) in [5.74, 6) is -0.184. The number of amides is 1. The number of piperidine rings is 1. The molecule has 180 valence electrons. The van der Waals surface area contributed by atoms with Crippen LogP contribution in [0.3, 0.4) is 0 Å². The Morgan fingerprint density at radius 2 is 1.80 bits per heavy atom. The van der Waals surface area contributed by atoms with Gasteiger partial charge in [-0.3, -0.25) is 14.4 Å². The Labute approximate surface area is 213 Å². The number of anilines is 2. The maximum Gasteiger partial charge on any atom is 0.263 e. The molecule has 1 amide bonds. The number of hydrogen-bond donors (Lipinski definition) is 1. The third-order valence-corrected chi connectivity index (χ3v) is 7.60. The molecule has 35 heavy (non-hydrogen) atoms. The number of halogens is 2. The Kier molecular flexibility index (Phi) is 5.47. The molecule has 1 fully saturated rings. The highest BCUT2D eigenvalue weighted by Gasteiger charge is 2.33. The van der Waals surface area contributed by atoms with Crippen molar-refractivity contribution in [1.29, 1.82) is 0 Å². The summed E-state index contributed by atoms with van der Waals surface area (Å²) in [5, 5.41) is 6.61. The van der Waals surface area contributed by atoms with E-state index in [1.165, 1.54) is 0 Å². The molecule has 0 spiro atoms. The Bertz CT molecular complexity index is 1420. The third-order valence-electron chi connectivity index (χ3n) is 6.99. The molecule has 6 rings (SSSR count). The Hall–Kier alpha value is -3.07. The predicted octanol–water partition coefficient (Wildman–Crippen LogP) is 5.05. The van der Waals surface area contributed by atoms with Gasteiger partial charge in [-0.25, -0.2) is 4.98 Å². The van der Waals surface area contributed by atoms with Crippen LogP contribution in [0.25, 0.3) is 22.4 Å². The molecule has 1 saturated heterocycles. The number of fused-ring (bicyclic) bond motifs is 3. The van der Waals surface area contributed by atoms with Crippen LogP contribution in [0.15, 0.2) is 42.7 Å². The van der Waals surface area contributed by atoms with Crippen LogP contribution >= 0.6 is 23.2 Å². The second-order valence-corrected chi connectivity index (χ2v) is 10.1. The highest BCUT2D eigenvalue weighted by molar-refractivity contribution is 6.40. The molecule has 0 atom stereocenters. The van der Waals surface area contributed by atoms with E-state index >= 15 is 0 Å². The Morgan fingerprint density at radius 3 is 2.54 bits per heavy atom.